The lowest BCUT2D eigenvalue weighted by molar-refractivity contribution is -0.384. The number of rotatable bonds is 3. The van der Waals surface area contributed by atoms with Crippen LogP contribution in [0.2, 0.25) is 5.02 Å². The van der Waals surface area contributed by atoms with Gasteiger partial charge in [-0.2, -0.15) is 5.10 Å². The Kier molecular flexibility index (Phi) is 4.18. The lowest BCUT2D eigenvalue weighted by Crippen LogP contribution is -2.20. The van der Waals surface area contributed by atoms with Crippen LogP contribution in [0, 0.1) is 10.1 Å². The normalized spacial score (nSPS) is 11.5. The first-order valence-corrected chi connectivity index (χ1v) is 8.45. The van der Waals surface area contributed by atoms with Crippen LogP contribution in [0.3, 0.4) is 0 Å². The zero-order chi connectivity index (χ0) is 19.0. The lowest BCUT2D eigenvalue weighted by atomic mass is 10.1. The van der Waals surface area contributed by atoms with Crippen LogP contribution in [0.25, 0.3) is 11.1 Å². The predicted octanol–water partition coefficient (Wildman–Crippen LogP) is 4.41. The number of nitrogens with one attached hydrogen (secondary N) is 1. The summed E-state index contributed by atoms with van der Waals surface area (Å²) < 4.78 is 0. The first-order chi connectivity index (χ1) is 13.1. The van der Waals surface area contributed by atoms with E-state index in [-0.39, 0.29) is 16.3 Å². The fourth-order valence-corrected chi connectivity index (χ4v) is 3.34. The summed E-state index contributed by atoms with van der Waals surface area (Å²) in [6, 6.07) is 19.3. The first kappa shape index (κ1) is 16.9. The fraction of sp³-hybridized carbons (Fsp3) is 0. The van der Waals surface area contributed by atoms with E-state index in [0.29, 0.717) is 5.71 Å². The monoisotopic (exact) mass is 377 g/mol. The molecule has 0 unspecified atom stereocenters. The number of fused-ring (bicyclic) bond motifs is 3. The van der Waals surface area contributed by atoms with Crippen molar-refractivity contribution in [3.8, 4) is 11.1 Å². The molecule has 27 heavy (non-hydrogen) atoms. The smallest absolute Gasteiger partial charge is 0.267 e. The molecule has 0 bridgehead atoms. The van der Waals surface area contributed by atoms with Crippen molar-refractivity contribution in [1.29, 1.82) is 0 Å². The SMILES string of the molecule is O=C(NN=C1c2ccccc2-c2ccccc21)c1ccc([N+](=O)[O-])cc1Cl. The van der Waals surface area contributed by atoms with Crippen molar-refractivity contribution in [3.05, 3.63) is 98.6 Å². The molecule has 1 aliphatic carbocycles. The highest BCUT2D eigenvalue weighted by Crippen LogP contribution is 2.36. The summed E-state index contributed by atoms with van der Waals surface area (Å²) in [6.07, 6.45) is 0. The molecule has 0 aliphatic heterocycles. The van der Waals surface area contributed by atoms with Crippen molar-refractivity contribution in [2.45, 2.75) is 0 Å². The molecule has 3 aromatic rings. The zero-order valence-electron chi connectivity index (χ0n) is 13.8. The maximum atomic E-state index is 12.5. The predicted molar refractivity (Wildman–Crippen MR) is 103 cm³/mol. The van der Waals surface area contributed by atoms with Gasteiger partial charge in [0.15, 0.2) is 0 Å². The highest BCUT2D eigenvalue weighted by molar-refractivity contribution is 6.34. The summed E-state index contributed by atoms with van der Waals surface area (Å²) in [4.78, 5) is 22.7. The van der Waals surface area contributed by atoms with Crippen LogP contribution in [0.1, 0.15) is 21.5 Å². The Bertz CT molecular complexity index is 1080. The van der Waals surface area contributed by atoms with Gasteiger partial charge >= 0.3 is 0 Å². The number of halogens is 1. The first-order valence-electron chi connectivity index (χ1n) is 8.07. The minimum Gasteiger partial charge on any atom is -0.267 e. The van der Waals surface area contributed by atoms with Crippen molar-refractivity contribution >= 4 is 28.9 Å². The molecule has 132 valence electrons. The molecule has 0 atom stereocenters. The average molecular weight is 378 g/mol. The second-order valence-electron chi connectivity index (χ2n) is 5.91. The van der Waals surface area contributed by atoms with E-state index in [1.807, 2.05) is 48.5 Å². The van der Waals surface area contributed by atoms with Gasteiger partial charge < -0.3 is 0 Å². The van der Waals surface area contributed by atoms with E-state index in [4.69, 9.17) is 11.6 Å². The van der Waals surface area contributed by atoms with Crippen LogP contribution in [-0.2, 0) is 0 Å². The molecular weight excluding hydrogens is 366 g/mol. The molecule has 0 radical (unpaired) electrons. The van der Waals surface area contributed by atoms with Gasteiger partial charge in [-0.15, -0.1) is 0 Å². The molecule has 7 heteroatoms. The number of nitro benzene ring substituents is 1. The lowest BCUT2D eigenvalue weighted by Gasteiger charge is -2.05. The van der Waals surface area contributed by atoms with Crippen LogP contribution >= 0.6 is 11.6 Å². The molecule has 0 fully saturated rings. The third kappa shape index (κ3) is 2.96. The highest BCUT2D eigenvalue weighted by Gasteiger charge is 2.24. The number of hydrogen-bond acceptors (Lipinski definition) is 4. The summed E-state index contributed by atoms with van der Waals surface area (Å²) in [5.41, 5.74) is 7.05. The summed E-state index contributed by atoms with van der Waals surface area (Å²) in [7, 11) is 0. The molecular formula is C20H12ClN3O3. The summed E-state index contributed by atoms with van der Waals surface area (Å²) in [5.74, 6) is -0.538. The molecule has 0 saturated heterocycles. The van der Waals surface area contributed by atoms with Gasteiger partial charge in [0.1, 0.15) is 0 Å². The van der Waals surface area contributed by atoms with Gasteiger partial charge in [0.05, 0.1) is 21.2 Å². The van der Waals surface area contributed by atoms with Crippen LogP contribution in [0.4, 0.5) is 5.69 Å². The van der Waals surface area contributed by atoms with Crippen molar-refractivity contribution in [1.82, 2.24) is 5.43 Å². The Hall–Kier alpha value is -3.51. The highest BCUT2D eigenvalue weighted by atomic mass is 35.5. The molecule has 1 aliphatic rings. The van der Waals surface area contributed by atoms with Crippen LogP contribution in [0.15, 0.2) is 71.8 Å². The molecule has 0 heterocycles. The van der Waals surface area contributed by atoms with Crippen molar-refractivity contribution in [2.75, 3.05) is 0 Å². The molecule has 0 saturated carbocycles. The molecule has 1 N–H and O–H groups in total. The van der Waals surface area contributed by atoms with Crippen molar-refractivity contribution < 1.29 is 9.72 Å². The number of carbonyl (C=O) groups excluding carboxylic acids is 1. The number of nitrogens with zero attached hydrogens (tertiary/aromatic N) is 2. The third-order valence-corrected chi connectivity index (χ3v) is 4.64. The van der Waals surface area contributed by atoms with E-state index in [0.717, 1.165) is 28.3 Å². The topological polar surface area (TPSA) is 84.6 Å². The number of benzene rings is 3. The van der Waals surface area contributed by atoms with E-state index in [9.17, 15) is 14.9 Å². The van der Waals surface area contributed by atoms with Crippen molar-refractivity contribution in [2.24, 2.45) is 5.10 Å². The molecule has 0 aromatic heterocycles. The fourth-order valence-electron chi connectivity index (χ4n) is 3.08. The van der Waals surface area contributed by atoms with Crippen LogP contribution in [-0.4, -0.2) is 16.5 Å². The Morgan fingerprint density at radius 1 is 0.926 bits per heavy atom. The average Bonchev–Trinajstić information content (AvgIpc) is 3.00. The number of carbonyl (C=O) groups is 1. The Balaban J connectivity index is 1.67. The van der Waals surface area contributed by atoms with Gasteiger partial charge in [0, 0.05) is 23.3 Å². The van der Waals surface area contributed by atoms with Crippen LogP contribution < -0.4 is 5.43 Å². The maximum Gasteiger partial charge on any atom is 0.272 e. The molecule has 0 spiro atoms. The summed E-state index contributed by atoms with van der Waals surface area (Å²) >= 11 is 6.01. The Morgan fingerprint density at radius 2 is 1.48 bits per heavy atom. The van der Waals surface area contributed by atoms with Crippen molar-refractivity contribution in [3.63, 3.8) is 0 Å². The Morgan fingerprint density at radius 3 is 2.00 bits per heavy atom. The Labute approximate surface area is 159 Å². The quantitative estimate of drug-likeness (QED) is 0.424. The number of hydrogen-bond donors (Lipinski definition) is 1. The molecule has 4 rings (SSSR count). The largest absolute Gasteiger partial charge is 0.272 e. The minimum atomic E-state index is -0.569. The van der Waals surface area contributed by atoms with E-state index in [2.05, 4.69) is 10.5 Å². The van der Waals surface area contributed by atoms with E-state index < -0.39 is 10.8 Å². The standard InChI is InChI=1S/C20H12ClN3O3/c21-18-11-12(24(26)27)9-10-17(18)20(25)23-22-19-15-7-3-1-5-13(15)14-6-2-4-8-16(14)19/h1-11H,(H,23,25). The number of amides is 1. The van der Waals surface area contributed by atoms with E-state index in [1.54, 1.807) is 0 Å². The minimum absolute atomic E-state index is 0.00544. The number of nitro groups is 1. The second kappa shape index (κ2) is 6.66. The third-order valence-electron chi connectivity index (χ3n) is 4.33. The van der Waals surface area contributed by atoms with Gasteiger partial charge in [0.25, 0.3) is 11.6 Å². The van der Waals surface area contributed by atoms with Gasteiger partial charge in [0.2, 0.25) is 0 Å². The summed E-state index contributed by atoms with van der Waals surface area (Å²) in [5, 5.41) is 15.1. The molecule has 6 nitrogen and oxygen atoms in total. The molecule has 3 aromatic carbocycles. The van der Waals surface area contributed by atoms with Crippen LogP contribution in [0.5, 0.6) is 0 Å². The maximum absolute atomic E-state index is 12.5. The summed E-state index contributed by atoms with van der Waals surface area (Å²) in [6.45, 7) is 0. The van der Waals surface area contributed by atoms with Gasteiger partial charge in [-0.3, -0.25) is 14.9 Å². The van der Waals surface area contributed by atoms with Gasteiger partial charge in [-0.1, -0.05) is 60.1 Å². The second-order valence-corrected chi connectivity index (χ2v) is 6.32. The number of hydrazone groups is 1. The molecule has 1 amide bonds. The zero-order valence-corrected chi connectivity index (χ0v) is 14.6. The number of non-ortho nitro benzene ring substituents is 1. The van der Waals surface area contributed by atoms with Gasteiger partial charge in [-0.25, -0.2) is 5.43 Å². The van der Waals surface area contributed by atoms with Gasteiger partial charge in [-0.05, 0) is 17.2 Å². The van der Waals surface area contributed by atoms with E-state index in [1.165, 1.54) is 12.1 Å². The van der Waals surface area contributed by atoms with E-state index >= 15 is 0 Å².